The Morgan fingerprint density at radius 3 is 2.50 bits per heavy atom. The van der Waals surface area contributed by atoms with E-state index in [0.29, 0.717) is 29.0 Å². The van der Waals surface area contributed by atoms with Crippen LogP contribution in [-0.4, -0.2) is 48.3 Å². The number of carbonyl (C=O) groups excluding carboxylic acids is 1. The summed E-state index contributed by atoms with van der Waals surface area (Å²) in [4.78, 5) is 33.6. The third-order valence-electron chi connectivity index (χ3n) is 5.07. The molecule has 1 aromatic carbocycles. The Morgan fingerprint density at radius 1 is 1.19 bits per heavy atom. The number of hydrogen-bond acceptors (Lipinski definition) is 9. The second-order valence-corrected chi connectivity index (χ2v) is 7.51. The molecule has 4 aromatic rings. The first-order chi connectivity index (χ1) is 17.3. The lowest BCUT2D eigenvalue weighted by molar-refractivity contribution is -0.122. The van der Waals surface area contributed by atoms with Crippen LogP contribution in [0.1, 0.15) is 31.7 Å². The first-order valence-electron chi connectivity index (χ1n) is 10.8. The second-order valence-electron chi connectivity index (χ2n) is 7.51. The summed E-state index contributed by atoms with van der Waals surface area (Å²) in [6.07, 6.45) is 1.48. The third kappa shape index (κ3) is 5.81. The lowest BCUT2D eigenvalue weighted by atomic mass is 10.1. The standard InChI is InChI=1S/C22H23FN8O2.CH2O2/c1-3-12(2)33-22(32)28-18-19(24)29-21(30-20(18)25)17-15-9-6-10-26-31(15)16(27-17)11-13-7-4-5-8-14(13)23;2-1-3/h4-10,12H,3,11H2,1-2H3,(H,28,32)(H4,24,25,29,30);1H,(H,2,3). The van der Waals surface area contributed by atoms with Crippen molar-refractivity contribution in [3.05, 3.63) is 59.8 Å². The Bertz CT molecular complexity index is 1350. The average Bonchev–Trinajstić information content (AvgIpc) is 3.21. The van der Waals surface area contributed by atoms with E-state index in [2.05, 4.69) is 25.4 Å². The molecule has 1 unspecified atom stereocenters. The Balaban J connectivity index is 0.00000115. The van der Waals surface area contributed by atoms with Crippen LogP contribution in [0.2, 0.25) is 0 Å². The van der Waals surface area contributed by atoms with Crippen molar-refractivity contribution in [2.75, 3.05) is 16.8 Å². The highest BCUT2D eigenvalue weighted by molar-refractivity contribution is 5.93. The number of halogens is 1. The summed E-state index contributed by atoms with van der Waals surface area (Å²) in [6, 6.07) is 9.98. The lowest BCUT2D eigenvalue weighted by Gasteiger charge is -2.14. The van der Waals surface area contributed by atoms with E-state index in [-0.39, 0.29) is 48.0 Å². The minimum absolute atomic E-state index is 0.0423. The number of imidazole rings is 1. The van der Waals surface area contributed by atoms with Gasteiger partial charge in [0.15, 0.2) is 17.5 Å². The number of rotatable bonds is 6. The summed E-state index contributed by atoms with van der Waals surface area (Å²) in [7, 11) is 0. The van der Waals surface area contributed by atoms with Crippen molar-refractivity contribution < 1.29 is 23.8 Å². The zero-order chi connectivity index (χ0) is 26.2. The molecule has 36 heavy (non-hydrogen) atoms. The monoisotopic (exact) mass is 496 g/mol. The molecule has 0 saturated carbocycles. The summed E-state index contributed by atoms with van der Waals surface area (Å²) in [5, 5.41) is 13.7. The number of nitrogens with one attached hydrogen (secondary N) is 1. The number of carboxylic acid groups (broad SMARTS) is 1. The lowest BCUT2D eigenvalue weighted by Crippen LogP contribution is -2.21. The van der Waals surface area contributed by atoms with Crippen molar-refractivity contribution in [1.29, 1.82) is 0 Å². The maximum absolute atomic E-state index is 14.2. The van der Waals surface area contributed by atoms with Gasteiger partial charge in [0, 0.05) is 12.6 Å². The topological polar surface area (TPSA) is 184 Å². The molecule has 12 nitrogen and oxygen atoms in total. The molecule has 13 heteroatoms. The smallest absolute Gasteiger partial charge is 0.412 e. The molecule has 0 bridgehead atoms. The number of fused-ring (bicyclic) bond motifs is 1. The summed E-state index contributed by atoms with van der Waals surface area (Å²) < 4.78 is 21.0. The highest BCUT2D eigenvalue weighted by Crippen LogP contribution is 2.29. The average molecular weight is 497 g/mol. The van der Waals surface area contributed by atoms with E-state index < -0.39 is 6.09 Å². The zero-order valence-electron chi connectivity index (χ0n) is 19.6. The fourth-order valence-corrected chi connectivity index (χ4v) is 3.21. The molecule has 0 radical (unpaired) electrons. The van der Waals surface area contributed by atoms with Gasteiger partial charge in [0.1, 0.15) is 29.1 Å². The second kappa shape index (κ2) is 11.6. The minimum Gasteiger partial charge on any atom is -0.483 e. The van der Waals surface area contributed by atoms with Gasteiger partial charge in [-0.25, -0.2) is 28.7 Å². The van der Waals surface area contributed by atoms with E-state index in [4.69, 9.17) is 26.1 Å². The summed E-state index contributed by atoms with van der Waals surface area (Å²) in [5.74, 6) is 0.219. The molecule has 1 amide bonds. The number of carbonyl (C=O) groups is 2. The quantitative estimate of drug-likeness (QED) is 0.289. The van der Waals surface area contributed by atoms with Crippen LogP contribution < -0.4 is 16.8 Å². The zero-order valence-corrected chi connectivity index (χ0v) is 19.6. The Hall–Kier alpha value is -4.81. The fourth-order valence-electron chi connectivity index (χ4n) is 3.21. The summed E-state index contributed by atoms with van der Waals surface area (Å²) in [6.45, 7) is 3.41. The fraction of sp³-hybridized carbons (Fsp3) is 0.217. The first-order valence-corrected chi connectivity index (χ1v) is 10.8. The molecule has 0 saturated heterocycles. The number of nitrogens with two attached hydrogens (primary N) is 2. The van der Waals surface area contributed by atoms with Gasteiger partial charge < -0.3 is 21.3 Å². The largest absolute Gasteiger partial charge is 0.483 e. The summed E-state index contributed by atoms with van der Waals surface area (Å²) in [5.41, 5.74) is 13.6. The van der Waals surface area contributed by atoms with Crippen molar-refractivity contribution in [2.24, 2.45) is 0 Å². The van der Waals surface area contributed by atoms with Crippen LogP contribution in [0.5, 0.6) is 0 Å². The molecule has 0 aliphatic carbocycles. The van der Waals surface area contributed by atoms with Crippen LogP contribution >= 0.6 is 0 Å². The van der Waals surface area contributed by atoms with Crippen molar-refractivity contribution >= 4 is 35.4 Å². The summed E-state index contributed by atoms with van der Waals surface area (Å²) >= 11 is 0. The normalized spacial score (nSPS) is 11.3. The highest BCUT2D eigenvalue weighted by Gasteiger charge is 2.21. The van der Waals surface area contributed by atoms with Gasteiger partial charge in [-0.2, -0.15) is 5.10 Å². The molecule has 188 valence electrons. The molecule has 0 aliphatic heterocycles. The number of hydrogen-bond donors (Lipinski definition) is 4. The van der Waals surface area contributed by atoms with Crippen molar-refractivity contribution in [3.8, 4) is 11.5 Å². The number of anilines is 3. The van der Waals surface area contributed by atoms with Crippen molar-refractivity contribution in [1.82, 2.24) is 24.6 Å². The van der Waals surface area contributed by atoms with Crippen LogP contribution in [0.15, 0.2) is 42.6 Å². The molecule has 4 rings (SSSR count). The molecular weight excluding hydrogens is 471 g/mol. The number of ether oxygens (including phenoxy) is 1. The molecule has 0 spiro atoms. The van der Waals surface area contributed by atoms with Gasteiger partial charge in [0.25, 0.3) is 6.47 Å². The predicted molar refractivity (Wildman–Crippen MR) is 131 cm³/mol. The number of aromatic nitrogens is 5. The SMILES string of the molecule is CCC(C)OC(=O)Nc1c(N)nc(-c2nc(Cc3ccccc3F)n3ncccc23)nc1N.O=CO. The van der Waals surface area contributed by atoms with E-state index in [1.165, 1.54) is 6.07 Å². The highest BCUT2D eigenvalue weighted by atomic mass is 19.1. The van der Waals surface area contributed by atoms with Crippen molar-refractivity contribution in [2.45, 2.75) is 32.8 Å². The van der Waals surface area contributed by atoms with E-state index >= 15 is 0 Å². The number of benzene rings is 1. The first kappa shape index (κ1) is 25.8. The van der Waals surface area contributed by atoms with Gasteiger partial charge in [-0.05, 0) is 37.1 Å². The van der Waals surface area contributed by atoms with Gasteiger partial charge in [-0.1, -0.05) is 25.1 Å². The van der Waals surface area contributed by atoms with Crippen LogP contribution in [0.3, 0.4) is 0 Å². The molecule has 0 aliphatic rings. The Morgan fingerprint density at radius 2 is 1.86 bits per heavy atom. The number of nitrogen functional groups attached to an aromatic ring is 2. The maximum atomic E-state index is 14.2. The minimum atomic E-state index is -0.706. The molecule has 0 fully saturated rings. The Labute approximate surface area is 205 Å². The molecule has 3 heterocycles. The van der Waals surface area contributed by atoms with Crippen LogP contribution in [0, 0.1) is 5.82 Å². The van der Waals surface area contributed by atoms with Gasteiger partial charge in [0.05, 0.1) is 5.52 Å². The van der Waals surface area contributed by atoms with Gasteiger partial charge in [0.2, 0.25) is 0 Å². The molecule has 3 aromatic heterocycles. The van der Waals surface area contributed by atoms with Gasteiger partial charge in [-0.3, -0.25) is 10.1 Å². The predicted octanol–water partition coefficient (Wildman–Crippen LogP) is 3.13. The number of amides is 1. The van der Waals surface area contributed by atoms with Crippen molar-refractivity contribution in [3.63, 3.8) is 0 Å². The van der Waals surface area contributed by atoms with E-state index in [9.17, 15) is 9.18 Å². The van der Waals surface area contributed by atoms with Crippen LogP contribution in [0.25, 0.3) is 17.0 Å². The van der Waals surface area contributed by atoms with Crippen LogP contribution in [0.4, 0.5) is 26.5 Å². The third-order valence-corrected chi connectivity index (χ3v) is 5.07. The van der Waals surface area contributed by atoms with Gasteiger partial charge >= 0.3 is 6.09 Å². The van der Waals surface area contributed by atoms with E-state index in [1.807, 2.05) is 6.92 Å². The van der Waals surface area contributed by atoms with Gasteiger partial charge in [-0.15, -0.1) is 0 Å². The Kier molecular flexibility index (Phi) is 8.28. The molecule has 1 atom stereocenters. The molecule has 6 N–H and O–H groups in total. The number of nitrogens with zero attached hydrogens (tertiary/aromatic N) is 5. The van der Waals surface area contributed by atoms with E-state index in [1.54, 1.807) is 48.0 Å². The molecular formula is C23H25FN8O4. The van der Waals surface area contributed by atoms with Crippen LogP contribution in [-0.2, 0) is 16.0 Å². The maximum Gasteiger partial charge on any atom is 0.412 e. The van der Waals surface area contributed by atoms with E-state index in [0.717, 1.165) is 0 Å².